The monoisotopic (exact) mass is 440 g/mol. The fourth-order valence-corrected chi connectivity index (χ4v) is 3.79. The topological polar surface area (TPSA) is 96.3 Å². The molecule has 1 unspecified atom stereocenters. The summed E-state index contributed by atoms with van der Waals surface area (Å²) in [5.74, 6) is -2.18. The zero-order valence-electron chi connectivity index (χ0n) is 17.3. The number of carboxylic acids is 1. The van der Waals surface area contributed by atoms with Crippen LogP contribution in [0.5, 0.6) is 0 Å². The molecule has 0 aliphatic heterocycles. The molecule has 0 radical (unpaired) electrons. The Hall–Kier alpha value is -3.75. The van der Waals surface area contributed by atoms with Crippen molar-refractivity contribution in [2.75, 3.05) is 10.6 Å². The first-order chi connectivity index (χ1) is 15.3. The quantitative estimate of drug-likeness (QED) is 0.490. The zero-order valence-corrected chi connectivity index (χ0v) is 17.3. The predicted molar refractivity (Wildman–Crippen MR) is 115 cm³/mol. The van der Waals surface area contributed by atoms with Crippen molar-refractivity contribution in [1.82, 2.24) is 9.78 Å². The maximum absolute atomic E-state index is 13.3. The van der Waals surface area contributed by atoms with Gasteiger partial charge in [0.2, 0.25) is 0 Å². The number of benzene rings is 2. The molecule has 0 saturated heterocycles. The second-order valence-electron chi connectivity index (χ2n) is 8.01. The number of nitrogens with one attached hydrogen (secondary N) is 2. The highest BCUT2D eigenvalue weighted by molar-refractivity contribution is 5.90. The summed E-state index contributed by atoms with van der Waals surface area (Å²) in [5, 5.41) is 18.7. The maximum Gasteiger partial charge on any atom is 0.346 e. The molecule has 32 heavy (non-hydrogen) atoms. The van der Waals surface area contributed by atoms with Gasteiger partial charge in [-0.1, -0.05) is 19.1 Å². The van der Waals surface area contributed by atoms with Crippen LogP contribution in [0.4, 0.5) is 30.8 Å². The number of aromatic nitrogens is 2. The third kappa shape index (κ3) is 4.61. The molecule has 1 aliphatic rings. The Balaban J connectivity index is 1.32. The molecule has 1 atom stereocenters. The highest BCUT2D eigenvalue weighted by Crippen LogP contribution is 2.45. The molecule has 7 nitrogen and oxygen atoms in total. The highest BCUT2D eigenvalue weighted by atomic mass is 19.2. The van der Waals surface area contributed by atoms with Gasteiger partial charge < -0.3 is 15.7 Å². The predicted octanol–water partition coefficient (Wildman–Crippen LogP) is 5.20. The first kappa shape index (κ1) is 21.5. The fraction of sp³-hybridized carbons (Fsp3) is 0.261. The van der Waals surface area contributed by atoms with E-state index in [0.717, 1.165) is 35.2 Å². The van der Waals surface area contributed by atoms with Gasteiger partial charge in [0.25, 0.3) is 0 Å². The van der Waals surface area contributed by atoms with Crippen molar-refractivity contribution in [3.05, 3.63) is 71.9 Å². The Morgan fingerprint density at radius 3 is 2.41 bits per heavy atom. The second-order valence-corrected chi connectivity index (χ2v) is 8.01. The number of carbonyl (C=O) groups is 2. The minimum Gasteiger partial charge on any atom is -0.481 e. The van der Waals surface area contributed by atoms with Crippen LogP contribution in [0, 0.1) is 23.5 Å². The lowest BCUT2D eigenvalue weighted by Gasteiger charge is -2.38. The fourth-order valence-electron chi connectivity index (χ4n) is 3.79. The number of carboxylic acid groups (broad SMARTS) is 1. The van der Waals surface area contributed by atoms with Crippen molar-refractivity contribution in [2.24, 2.45) is 11.8 Å². The van der Waals surface area contributed by atoms with E-state index in [2.05, 4.69) is 15.7 Å². The maximum atomic E-state index is 13.3. The number of aliphatic carboxylic acids is 1. The molecule has 9 heteroatoms. The van der Waals surface area contributed by atoms with Gasteiger partial charge in [0.1, 0.15) is 0 Å². The van der Waals surface area contributed by atoms with Crippen LogP contribution in [0.2, 0.25) is 0 Å². The van der Waals surface area contributed by atoms with E-state index in [1.54, 1.807) is 19.1 Å². The Kier molecular flexibility index (Phi) is 5.89. The molecule has 1 saturated carbocycles. The van der Waals surface area contributed by atoms with E-state index in [-0.39, 0.29) is 11.8 Å². The van der Waals surface area contributed by atoms with Crippen LogP contribution in [-0.2, 0) is 4.79 Å². The molecule has 0 spiro atoms. The number of halogens is 2. The Morgan fingerprint density at radius 1 is 1.06 bits per heavy atom. The lowest BCUT2D eigenvalue weighted by molar-refractivity contribution is -0.144. The van der Waals surface area contributed by atoms with Gasteiger partial charge in [0.05, 0.1) is 5.92 Å². The van der Waals surface area contributed by atoms with Crippen LogP contribution in [0.15, 0.2) is 54.7 Å². The Bertz CT molecular complexity index is 1140. The number of hydrogen-bond acceptors (Lipinski definition) is 4. The Morgan fingerprint density at radius 2 is 1.75 bits per heavy atom. The summed E-state index contributed by atoms with van der Waals surface area (Å²) in [6.45, 7) is 1.75. The minimum absolute atomic E-state index is 0.200. The number of amides is 1. The van der Waals surface area contributed by atoms with E-state index in [1.807, 2.05) is 12.1 Å². The van der Waals surface area contributed by atoms with Crippen molar-refractivity contribution in [3.8, 4) is 0 Å². The van der Waals surface area contributed by atoms with Crippen molar-refractivity contribution < 1.29 is 23.5 Å². The minimum atomic E-state index is -0.982. The molecule has 3 aromatic rings. The van der Waals surface area contributed by atoms with Gasteiger partial charge in [-0.25, -0.2) is 13.6 Å². The SMILES string of the molecule is CC(C(=O)O)C1CC(c2ccc(NC(=O)n3ccc(Nc4ccc(F)c(F)c4)n3)cc2)C1. The largest absolute Gasteiger partial charge is 0.481 e. The lowest BCUT2D eigenvalue weighted by Crippen LogP contribution is -2.31. The summed E-state index contributed by atoms with van der Waals surface area (Å²) in [6.07, 6.45) is 3.14. The number of anilines is 3. The average Bonchev–Trinajstić information content (AvgIpc) is 3.19. The van der Waals surface area contributed by atoms with E-state index < -0.39 is 23.6 Å². The van der Waals surface area contributed by atoms with Gasteiger partial charge in [-0.15, -0.1) is 5.10 Å². The van der Waals surface area contributed by atoms with Gasteiger partial charge in [-0.2, -0.15) is 4.68 Å². The normalized spacial score (nSPS) is 18.5. The van der Waals surface area contributed by atoms with Crippen molar-refractivity contribution in [3.63, 3.8) is 0 Å². The number of carbonyl (C=O) groups excluding carboxylic acids is 1. The molecule has 4 rings (SSSR count). The van der Waals surface area contributed by atoms with Gasteiger partial charge in [0.15, 0.2) is 17.5 Å². The summed E-state index contributed by atoms with van der Waals surface area (Å²) in [5.41, 5.74) is 2.02. The van der Waals surface area contributed by atoms with Crippen molar-refractivity contribution >= 4 is 29.2 Å². The van der Waals surface area contributed by atoms with Crippen LogP contribution in [0.1, 0.15) is 31.2 Å². The summed E-state index contributed by atoms with van der Waals surface area (Å²) in [6, 6.07) is 11.9. The molecule has 166 valence electrons. The molecule has 1 amide bonds. The summed E-state index contributed by atoms with van der Waals surface area (Å²) in [4.78, 5) is 23.5. The molecule has 0 bridgehead atoms. The van der Waals surface area contributed by atoms with Gasteiger partial charge in [-0.3, -0.25) is 4.79 Å². The molecular formula is C23H22F2N4O3. The smallest absolute Gasteiger partial charge is 0.346 e. The molecule has 2 aromatic carbocycles. The second kappa shape index (κ2) is 8.78. The van der Waals surface area contributed by atoms with Gasteiger partial charge in [-0.05, 0) is 54.5 Å². The molecule has 1 fully saturated rings. The van der Waals surface area contributed by atoms with E-state index in [0.29, 0.717) is 23.1 Å². The summed E-state index contributed by atoms with van der Waals surface area (Å²) < 4.78 is 27.4. The van der Waals surface area contributed by atoms with Crippen LogP contribution in [-0.4, -0.2) is 26.9 Å². The molecule has 1 aliphatic carbocycles. The highest BCUT2D eigenvalue weighted by Gasteiger charge is 2.36. The van der Waals surface area contributed by atoms with Crippen molar-refractivity contribution in [2.45, 2.75) is 25.7 Å². The van der Waals surface area contributed by atoms with Crippen molar-refractivity contribution in [1.29, 1.82) is 0 Å². The lowest BCUT2D eigenvalue weighted by atomic mass is 9.66. The summed E-state index contributed by atoms with van der Waals surface area (Å²) >= 11 is 0. The van der Waals surface area contributed by atoms with Crippen LogP contribution in [0.3, 0.4) is 0 Å². The van der Waals surface area contributed by atoms with E-state index in [4.69, 9.17) is 5.11 Å². The van der Waals surface area contributed by atoms with E-state index in [9.17, 15) is 18.4 Å². The van der Waals surface area contributed by atoms with E-state index >= 15 is 0 Å². The van der Waals surface area contributed by atoms with Gasteiger partial charge >= 0.3 is 12.0 Å². The first-order valence-corrected chi connectivity index (χ1v) is 10.2. The van der Waals surface area contributed by atoms with Crippen LogP contribution in [0.25, 0.3) is 0 Å². The first-order valence-electron chi connectivity index (χ1n) is 10.2. The van der Waals surface area contributed by atoms with E-state index in [1.165, 1.54) is 18.3 Å². The average molecular weight is 440 g/mol. The molecule has 1 heterocycles. The molecule has 3 N–H and O–H groups in total. The standard InChI is InChI=1S/C23H22F2N4O3/c1-13(22(30)31)15-10-16(11-15)14-2-4-17(5-3-14)27-23(32)29-9-8-21(28-29)26-18-6-7-19(24)20(25)12-18/h2-9,12-13,15-16H,10-11H2,1H3,(H,26,28)(H,27,32)(H,30,31). The number of nitrogens with zero attached hydrogens (tertiary/aromatic N) is 2. The molecular weight excluding hydrogens is 418 g/mol. The van der Waals surface area contributed by atoms with Gasteiger partial charge in [0, 0.05) is 29.7 Å². The van der Waals surface area contributed by atoms with Crippen LogP contribution < -0.4 is 10.6 Å². The van der Waals surface area contributed by atoms with Crippen LogP contribution >= 0.6 is 0 Å². The Labute approximate surface area is 183 Å². The zero-order chi connectivity index (χ0) is 22.8. The number of hydrogen-bond donors (Lipinski definition) is 3. The third-order valence-corrected chi connectivity index (χ3v) is 5.89. The number of rotatable bonds is 6. The molecule has 1 aromatic heterocycles. The summed E-state index contributed by atoms with van der Waals surface area (Å²) in [7, 11) is 0. The third-order valence-electron chi connectivity index (χ3n) is 5.89.